The predicted molar refractivity (Wildman–Crippen MR) is 93.4 cm³/mol. The van der Waals surface area contributed by atoms with Crippen LogP contribution in [0, 0.1) is 5.82 Å². The first-order valence-corrected chi connectivity index (χ1v) is 9.20. The van der Waals surface area contributed by atoms with Crippen molar-refractivity contribution < 1.29 is 4.39 Å². The van der Waals surface area contributed by atoms with Crippen molar-refractivity contribution in [1.29, 1.82) is 0 Å². The Balaban J connectivity index is 1.41. The third kappa shape index (κ3) is 4.90. The summed E-state index contributed by atoms with van der Waals surface area (Å²) in [4.78, 5) is 7.44. The van der Waals surface area contributed by atoms with Gasteiger partial charge in [0, 0.05) is 56.4 Å². The number of piperidine rings is 1. The Bertz CT molecular complexity index is 477. The predicted octanol–water partition coefficient (Wildman–Crippen LogP) is 3.08. The van der Waals surface area contributed by atoms with Crippen molar-refractivity contribution >= 4 is 11.6 Å². The summed E-state index contributed by atoms with van der Waals surface area (Å²) in [7, 11) is 0. The third-order valence-electron chi connectivity index (χ3n) is 5.09. The van der Waals surface area contributed by atoms with Gasteiger partial charge in [-0.2, -0.15) is 0 Å². The van der Waals surface area contributed by atoms with E-state index in [9.17, 15) is 4.39 Å². The Kier molecular flexibility index (Phi) is 6.29. The highest BCUT2D eigenvalue weighted by molar-refractivity contribution is 6.31. The van der Waals surface area contributed by atoms with Crippen molar-refractivity contribution in [2.24, 2.45) is 0 Å². The molecule has 0 N–H and O–H groups in total. The summed E-state index contributed by atoms with van der Waals surface area (Å²) in [6.07, 6.45) is 4.11. The maximum Gasteiger partial charge on any atom is 0.129 e. The highest BCUT2D eigenvalue weighted by Gasteiger charge is 2.20. The first-order valence-electron chi connectivity index (χ1n) is 8.82. The molecule has 0 aliphatic carbocycles. The Labute approximate surface area is 144 Å². The van der Waals surface area contributed by atoms with Crippen LogP contribution in [0.2, 0.25) is 5.02 Å². The monoisotopic (exact) mass is 339 g/mol. The minimum Gasteiger partial charge on any atom is -0.302 e. The average molecular weight is 340 g/mol. The molecule has 0 unspecified atom stereocenters. The lowest BCUT2D eigenvalue weighted by Crippen LogP contribution is -2.48. The van der Waals surface area contributed by atoms with E-state index in [4.69, 9.17) is 11.6 Å². The standard InChI is InChI=1S/C18H27ClFN3/c19-17-5-4-6-18(20)16(17)15-23-13-11-22(12-14-23)10-9-21-7-2-1-3-8-21/h4-6H,1-3,7-15H2. The molecule has 23 heavy (non-hydrogen) atoms. The molecule has 0 bridgehead atoms. The molecular weight excluding hydrogens is 313 g/mol. The van der Waals surface area contributed by atoms with Gasteiger partial charge in [0.15, 0.2) is 0 Å². The quantitative estimate of drug-likeness (QED) is 0.816. The molecular formula is C18H27ClFN3. The van der Waals surface area contributed by atoms with Gasteiger partial charge in [-0.3, -0.25) is 9.80 Å². The number of hydrogen-bond acceptors (Lipinski definition) is 3. The average Bonchev–Trinajstić information content (AvgIpc) is 2.58. The minimum atomic E-state index is -0.190. The van der Waals surface area contributed by atoms with E-state index in [1.807, 2.05) is 0 Å². The molecule has 0 aromatic heterocycles. The summed E-state index contributed by atoms with van der Waals surface area (Å²) < 4.78 is 13.9. The van der Waals surface area contributed by atoms with E-state index in [0.717, 1.165) is 32.7 Å². The lowest BCUT2D eigenvalue weighted by Gasteiger charge is -2.36. The van der Waals surface area contributed by atoms with Crippen molar-refractivity contribution in [3.8, 4) is 0 Å². The molecule has 2 aliphatic rings. The Morgan fingerprint density at radius 3 is 2.09 bits per heavy atom. The Morgan fingerprint density at radius 1 is 0.826 bits per heavy atom. The summed E-state index contributed by atoms with van der Waals surface area (Å²) in [5, 5.41) is 0.539. The van der Waals surface area contributed by atoms with Gasteiger partial charge in [0.1, 0.15) is 5.82 Å². The van der Waals surface area contributed by atoms with E-state index < -0.39 is 0 Å². The second-order valence-electron chi connectivity index (χ2n) is 6.72. The van der Waals surface area contributed by atoms with Crippen LogP contribution in [-0.4, -0.2) is 67.1 Å². The van der Waals surface area contributed by atoms with Crippen LogP contribution in [0.5, 0.6) is 0 Å². The third-order valence-corrected chi connectivity index (χ3v) is 5.44. The number of halogens is 2. The SMILES string of the molecule is Fc1cccc(Cl)c1CN1CCN(CCN2CCCCC2)CC1. The molecule has 3 nitrogen and oxygen atoms in total. The fourth-order valence-corrected chi connectivity index (χ4v) is 3.77. The molecule has 3 rings (SSSR count). The molecule has 128 valence electrons. The van der Waals surface area contributed by atoms with Gasteiger partial charge in [-0.1, -0.05) is 24.1 Å². The molecule has 0 atom stereocenters. The van der Waals surface area contributed by atoms with Gasteiger partial charge in [0.2, 0.25) is 0 Å². The summed E-state index contributed by atoms with van der Waals surface area (Å²) in [6, 6.07) is 4.94. The maximum absolute atomic E-state index is 13.9. The topological polar surface area (TPSA) is 9.72 Å². The summed E-state index contributed by atoms with van der Waals surface area (Å²) >= 11 is 6.13. The second-order valence-corrected chi connectivity index (χ2v) is 7.13. The van der Waals surface area contributed by atoms with Crippen LogP contribution < -0.4 is 0 Å². The smallest absolute Gasteiger partial charge is 0.129 e. The van der Waals surface area contributed by atoms with Crippen molar-refractivity contribution in [1.82, 2.24) is 14.7 Å². The van der Waals surface area contributed by atoms with E-state index >= 15 is 0 Å². The molecule has 2 heterocycles. The first-order chi connectivity index (χ1) is 11.2. The number of hydrogen-bond donors (Lipinski definition) is 0. The van der Waals surface area contributed by atoms with Crippen molar-refractivity contribution in [2.45, 2.75) is 25.8 Å². The molecule has 1 aromatic carbocycles. The lowest BCUT2D eigenvalue weighted by atomic mass is 10.1. The summed E-state index contributed by atoms with van der Waals surface area (Å²) in [6.45, 7) is 9.63. The molecule has 0 radical (unpaired) electrons. The van der Waals surface area contributed by atoms with Gasteiger partial charge < -0.3 is 4.90 Å². The minimum absolute atomic E-state index is 0.190. The van der Waals surface area contributed by atoms with Crippen LogP contribution >= 0.6 is 11.6 Å². The number of piperazine rings is 1. The van der Waals surface area contributed by atoms with E-state index in [0.29, 0.717) is 17.1 Å². The maximum atomic E-state index is 13.9. The highest BCUT2D eigenvalue weighted by Crippen LogP contribution is 2.21. The van der Waals surface area contributed by atoms with E-state index in [2.05, 4.69) is 14.7 Å². The van der Waals surface area contributed by atoms with E-state index in [1.165, 1.54) is 45.0 Å². The molecule has 1 aromatic rings. The van der Waals surface area contributed by atoms with Crippen LogP contribution in [0.15, 0.2) is 18.2 Å². The normalized spacial score (nSPS) is 21.7. The second kappa shape index (κ2) is 8.43. The van der Waals surface area contributed by atoms with E-state index in [1.54, 1.807) is 12.1 Å². The zero-order chi connectivity index (χ0) is 16.1. The van der Waals surface area contributed by atoms with Crippen LogP contribution in [0.3, 0.4) is 0 Å². The fourth-order valence-electron chi connectivity index (χ4n) is 3.54. The lowest BCUT2D eigenvalue weighted by molar-refractivity contribution is 0.109. The van der Waals surface area contributed by atoms with Crippen LogP contribution in [0.25, 0.3) is 0 Å². The Morgan fingerprint density at radius 2 is 1.43 bits per heavy atom. The van der Waals surface area contributed by atoms with Crippen molar-refractivity contribution in [2.75, 3.05) is 52.4 Å². The fraction of sp³-hybridized carbons (Fsp3) is 0.667. The molecule has 0 spiro atoms. The van der Waals surface area contributed by atoms with Crippen LogP contribution in [0.4, 0.5) is 4.39 Å². The van der Waals surface area contributed by atoms with Gasteiger partial charge in [-0.05, 0) is 38.1 Å². The molecule has 2 aliphatic heterocycles. The summed E-state index contributed by atoms with van der Waals surface area (Å²) in [5.74, 6) is -0.190. The molecule has 2 fully saturated rings. The van der Waals surface area contributed by atoms with Crippen molar-refractivity contribution in [3.05, 3.63) is 34.6 Å². The number of rotatable bonds is 5. The Hall–Kier alpha value is -0.680. The number of nitrogens with zero attached hydrogens (tertiary/aromatic N) is 3. The van der Waals surface area contributed by atoms with Gasteiger partial charge in [-0.25, -0.2) is 4.39 Å². The van der Waals surface area contributed by atoms with E-state index in [-0.39, 0.29) is 5.82 Å². The van der Waals surface area contributed by atoms with Crippen LogP contribution in [0.1, 0.15) is 24.8 Å². The first kappa shape index (κ1) is 17.2. The molecule has 0 amide bonds. The zero-order valence-corrected chi connectivity index (χ0v) is 14.6. The number of likely N-dealkylation sites (tertiary alicyclic amines) is 1. The van der Waals surface area contributed by atoms with Gasteiger partial charge >= 0.3 is 0 Å². The largest absolute Gasteiger partial charge is 0.302 e. The number of benzene rings is 1. The highest BCUT2D eigenvalue weighted by atomic mass is 35.5. The molecule has 2 saturated heterocycles. The van der Waals surface area contributed by atoms with Gasteiger partial charge in [-0.15, -0.1) is 0 Å². The molecule has 5 heteroatoms. The van der Waals surface area contributed by atoms with Gasteiger partial charge in [0.05, 0.1) is 0 Å². The van der Waals surface area contributed by atoms with Crippen LogP contribution in [-0.2, 0) is 6.54 Å². The molecule has 0 saturated carbocycles. The van der Waals surface area contributed by atoms with Crippen molar-refractivity contribution in [3.63, 3.8) is 0 Å². The van der Waals surface area contributed by atoms with Gasteiger partial charge in [0.25, 0.3) is 0 Å². The summed E-state index contributed by atoms with van der Waals surface area (Å²) in [5.41, 5.74) is 0.635. The zero-order valence-electron chi connectivity index (χ0n) is 13.8.